The Morgan fingerprint density at radius 1 is 1.06 bits per heavy atom. The zero-order chi connectivity index (χ0) is 22.7. The maximum atomic E-state index is 12.2. The fourth-order valence-corrected chi connectivity index (χ4v) is 3.00. The molecule has 2 heterocycles. The van der Waals surface area contributed by atoms with Gasteiger partial charge in [0.05, 0.1) is 4.92 Å². The highest BCUT2D eigenvalue weighted by atomic mass is 16.7. The van der Waals surface area contributed by atoms with Gasteiger partial charge in [-0.2, -0.15) is 4.98 Å². The van der Waals surface area contributed by atoms with Gasteiger partial charge in [-0.15, -0.1) is 0 Å². The fourth-order valence-electron chi connectivity index (χ4n) is 3.00. The zero-order valence-corrected chi connectivity index (χ0v) is 16.8. The van der Waals surface area contributed by atoms with Crippen molar-refractivity contribution in [1.82, 2.24) is 20.8 Å². The van der Waals surface area contributed by atoms with E-state index in [1.807, 2.05) is 0 Å². The second-order valence-electron chi connectivity index (χ2n) is 6.76. The monoisotopic (exact) mass is 439 g/mol. The van der Waals surface area contributed by atoms with Crippen LogP contribution in [0.15, 0.2) is 40.9 Å². The van der Waals surface area contributed by atoms with Crippen LogP contribution in [-0.4, -0.2) is 46.8 Å². The summed E-state index contributed by atoms with van der Waals surface area (Å²) in [4.78, 5) is 38.8. The van der Waals surface area contributed by atoms with E-state index in [1.54, 1.807) is 25.1 Å². The molecule has 12 heteroatoms. The molecule has 164 valence electrons. The van der Waals surface area contributed by atoms with E-state index in [4.69, 9.17) is 14.0 Å². The molecule has 0 unspecified atom stereocenters. The molecule has 0 spiro atoms. The van der Waals surface area contributed by atoms with E-state index in [0.717, 1.165) is 0 Å². The molecule has 0 saturated heterocycles. The molecule has 4 rings (SSSR count). The van der Waals surface area contributed by atoms with Gasteiger partial charge >= 0.3 is 11.8 Å². The molecule has 0 saturated carbocycles. The quantitative estimate of drug-likeness (QED) is 0.318. The highest BCUT2D eigenvalue weighted by Crippen LogP contribution is 2.35. The number of ether oxygens (including phenoxy) is 2. The number of carbonyl (C=O) groups excluding carboxylic acids is 2. The number of amides is 2. The average Bonchev–Trinajstić information content (AvgIpc) is 3.45. The highest BCUT2D eigenvalue weighted by molar-refractivity contribution is 5.94. The Kier molecular flexibility index (Phi) is 5.66. The van der Waals surface area contributed by atoms with Crippen molar-refractivity contribution in [3.05, 3.63) is 63.5 Å². The largest absolute Gasteiger partial charge is 0.454 e. The Morgan fingerprint density at radius 3 is 2.56 bits per heavy atom. The van der Waals surface area contributed by atoms with Crippen LogP contribution in [0, 0.1) is 17.0 Å². The van der Waals surface area contributed by atoms with Crippen molar-refractivity contribution in [1.29, 1.82) is 0 Å². The number of aryl methyl sites for hydroxylation is 1. The third-order valence-corrected chi connectivity index (χ3v) is 4.60. The summed E-state index contributed by atoms with van der Waals surface area (Å²) in [5, 5.41) is 19.8. The van der Waals surface area contributed by atoms with Gasteiger partial charge in [0.15, 0.2) is 11.5 Å². The molecule has 0 atom stereocenters. The second kappa shape index (κ2) is 8.71. The number of rotatable bonds is 7. The van der Waals surface area contributed by atoms with Gasteiger partial charge in [0.1, 0.15) is 0 Å². The lowest BCUT2D eigenvalue weighted by atomic mass is 10.1. The van der Waals surface area contributed by atoms with Crippen LogP contribution in [0.25, 0.3) is 11.4 Å². The van der Waals surface area contributed by atoms with Crippen molar-refractivity contribution < 1.29 is 28.5 Å². The van der Waals surface area contributed by atoms with Gasteiger partial charge in [-0.3, -0.25) is 19.7 Å². The Hall–Kier alpha value is -4.48. The summed E-state index contributed by atoms with van der Waals surface area (Å²) in [7, 11) is 0. The molecule has 0 fully saturated rings. The van der Waals surface area contributed by atoms with E-state index in [9.17, 15) is 19.7 Å². The molecule has 2 amide bonds. The Bertz CT molecular complexity index is 1210. The van der Waals surface area contributed by atoms with Crippen LogP contribution in [0.4, 0.5) is 5.69 Å². The molecule has 12 nitrogen and oxygen atoms in total. The van der Waals surface area contributed by atoms with Gasteiger partial charge in [-0.25, -0.2) is 0 Å². The number of aromatic nitrogens is 2. The number of nitro groups is 1. The standard InChI is InChI=1S/C20H17N5O7/c1-11-8-13(2-4-14(11)25(28)29)18(26)21-6-7-22-19(27)20-23-17(24-32-20)12-3-5-15-16(9-12)31-10-30-15/h2-5,8-9H,6-7,10H2,1H3,(H,21,26)(H,22,27). The topological polar surface area (TPSA) is 159 Å². The first-order chi connectivity index (χ1) is 15.4. The number of nitro benzene ring substituents is 1. The minimum absolute atomic E-state index is 0.0616. The van der Waals surface area contributed by atoms with E-state index in [0.29, 0.717) is 22.6 Å². The highest BCUT2D eigenvalue weighted by Gasteiger charge is 2.19. The van der Waals surface area contributed by atoms with Gasteiger partial charge in [-0.05, 0) is 37.3 Å². The van der Waals surface area contributed by atoms with E-state index in [-0.39, 0.29) is 42.8 Å². The molecule has 0 aliphatic carbocycles. The number of carbonyl (C=O) groups is 2. The van der Waals surface area contributed by atoms with E-state index in [2.05, 4.69) is 20.8 Å². The first-order valence-electron chi connectivity index (χ1n) is 9.47. The van der Waals surface area contributed by atoms with Crippen molar-refractivity contribution in [2.45, 2.75) is 6.92 Å². The number of hydrogen-bond acceptors (Lipinski definition) is 9. The molecular formula is C20H17N5O7. The number of fused-ring (bicyclic) bond motifs is 1. The third-order valence-electron chi connectivity index (χ3n) is 4.60. The lowest BCUT2D eigenvalue weighted by molar-refractivity contribution is -0.385. The van der Waals surface area contributed by atoms with Crippen LogP contribution in [0.1, 0.15) is 26.6 Å². The number of nitrogens with one attached hydrogen (secondary N) is 2. The summed E-state index contributed by atoms with van der Waals surface area (Å²) >= 11 is 0. The summed E-state index contributed by atoms with van der Waals surface area (Å²) in [5.41, 5.74) is 1.20. The van der Waals surface area contributed by atoms with Gasteiger partial charge in [-0.1, -0.05) is 5.16 Å². The predicted octanol–water partition coefficient (Wildman–Crippen LogP) is 1.84. The van der Waals surface area contributed by atoms with Gasteiger partial charge in [0.2, 0.25) is 12.6 Å². The second-order valence-corrected chi connectivity index (χ2v) is 6.76. The average molecular weight is 439 g/mol. The summed E-state index contributed by atoms with van der Waals surface area (Å²) in [5.74, 6) is 0.147. The van der Waals surface area contributed by atoms with Crippen LogP contribution in [0.2, 0.25) is 0 Å². The van der Waals surface area contributed by atoms with Crippen molar-refractivity contribution in [2.75, 3.05) is 19.9 Å². The molecule has 0 radical (unpaired) electrons. The Labute approximate surface area is 180 Å². The Balaban J connectivity index is 1.28. The molecular weight excluding hydrogens is 422 g/mol. The van der Waals surface area contributed by atoms with Gasteiger partial charge < -0.3 is 24.6 Å². The SMILES string of the molecule is Cc1cc(C(=O)NCCNC(=O)c2nc(-c3ccc4c(c3)OCO4)no2)ccc1[N+](=O)[O-]. The molecule has 3 aromatic rings. The molecule has 1 aliphatic heterocycles. The van der Waals surface area contributed by atoms with E-state index < -0.39 is 16.7 Å². The minimum atomic E-state index is -0.593. The maximum Gasteiger partial charge on any atom is 0.316 e. The van der Waals surface area contributed by atoms with Crippen molar-refractivity contribution in [3.8, 4) is 22.9 Å². The number of nitrogens with zero attached hydrogens (tertiary/aromatic N) is 3. The fraction of sp³-hybridized carbons (Fsp3) is 0.200. The summed E-state index contributed by atoms with van der Waals surface area (Å²) in [6.45, 7) is 1.93. The van der Waals surface area contributed by atoms with E-state index in [1.165, 1.54) is 18.2 Å². The summed E-state index contributed by atoms with van der Waals surface area (Å²) in [6, 6.07) is 9.19. The number of hydrogen-bond donors (Lipinski definition) is 2. The van der Waals surface area contributed by atoms with Gasteiger partial charge in [0, 0.05) is 35.8 Å². The molecule has 2 aromatic carbocycles. The number of benzene rings is 2. The van der Waals surface area contributed by atoms with Crippen LogP contribution >= 0.6 is 0 Å². The predicted molar refractivity (Wildman–Crippen MR) is 108 cm³/mol. The molecule has 2 N–H and O–H groups in total. The lowest BCUT2D eigenvalue weighted by Crippen LogP contribution is -2.34. The molecule has 32 heavy (non-hydrogen) atoms. The zero-order valence-electron chi connectivity index (χ0n) is 16.8. The van der Waals surface area contributed by atoms with E-state index >= 15 is 0 Å². The van der Waals surface area contributed by atoms with Crippen molar-refractivity contribution >= 4 is 17.5 Å². The smallest absolute Gasteiger partial charge is 0.316 e. The van der Waals surface area contributed by atoms with Crippen LogP contribution in [-0.2, 0) is 0 Å². The van der Waals surface area contributed by atoms with Crippen LogP contribution in [0.3, 0.4) is 0 Å². The van der Waals surface area contributed by atoms with Crippen molar-refractivity contribution in [3.63, 3.8) is 0 Å². The summed E-state index contributed by atoms with van der Waals surface area (Å²) < 4.78 is 15.6. The molecule has 1 aliphatic rings. The first kappa shape index (κ1) is 20.8. The molecule has 1 aromatic heterocycles. The first-order valence-corrected chi connectivity index (χ1v) is 9.47. The normalized spacial score (nSPS) is 11.8. The van der Waals surface area contributed by atoms with Crippen LogP contribution in [0.5, 0.6) is 11.5 Å². The Morgan fingerprint density at radius 2 is 1.81 bits per heavy atom. The van der Waals surface area contributed by atoms with Gasteiger partial charge in [0.25, 0.3) is 11.6 Å². The third kappa shape index (κ3) is 4.33. The maximum absolute atomic E-state index is 12.2. The molecule has 0 bridgehead atoms. The summed E-state index contributed by atoms with van der Waals surface area (Å²) in [6.07, 6.45) is 0. The van der Waals surface area contributed by atoms with Crippen LogP contribution < -0.4 is 20.1 Å². The lowest BCUT2D eigenvalue weighted by Gasteiger charge is -2.06. The van der Waals surface area contributed by atoms with Crippen molar-refractivity contribution in [2.24, 2.45) is 0 Å². The minimum Gasteiger partial charge on any atom is -0.454 e.